The summed E-state index contributed by atoms with van der Waals surface area (Å²) >= 11 is 1.86. The second-order valence-electron chi connectivity index (χ2n) is 17.5. The van der Waals surface area contributed by atoms with Crippen LogP contribution in [0.4, 0.5) is 0 Å². The zero-order chi connectivity index (χ0) is 38.0. The van der Waals surface area contributed by atoms with Crippen LogP contribution in [0.2, 0.25) is 19.6 Å². The first-order valence-corrected chi connectivity index (χ1v) is 24.8. The van der Waals surface area contributed by atoms with Crippen LogP contribution in [-0.2, 0) is 31.9 Å². The molecule has 2 aliphatic rings. The second-order valence-corrected chi connectivity index (χ2v) is 23.6. The van der Waals surface area contributed by atoms with Crippen molar-refractivity contribution in [3.8, 4) is 33.6 Å². The molecule has 2 aliphatic carbocycles. The van der Waals surface area contributed by atoms with Crippen molar-refractivity contribution in [2.45, 2.75) is 96.7 Å². The van der Waals surface area contributed by atoms with Crippen LogP contribution in [-0.4, -0.2) is 18.0 Å². The smallest absolute Gasteiger partial charge is 0.0798 e. The number of fused-ring (bicyclic) bond motifs is 3. The summed E-state index contributed by atoms with van der Waals surface area (Å²) in [4.78, 5) is 9.60. The molecule has 7 aromatic rings. The predicted molar refractivity (Wildman–Crippen MR) is 239 cm³/mol. The molecule has 289 valence electrons. The summed E-state index contributed by atoms with van der Waals surface area (Å²) in [5, 5.41) is 4.17. The van der Waals surface area contributed by atoms with E-state index in [9.17, 15) is 0 Å². The van der Waals surface area contributed by atoms with E-state index in [0.717, 1.165) is 34.4 Å². The summed E-state index contributed by atoms with van der Waals surface area (Å²) in [6, 6.07) is 43.6. The molecule has 5 heteroatoms. The Morgan fingerprint density at radius 1 is 0.768 bits per heavy atom. The zero-order valence-corrected chi connectivity index (χ0v) is 37.8. The molecule has 1 radical (unpaired) electrons. The SMILES string of the molecule is CC(C)(c1ccnc(-c2[c-]cc(-c3ccccc3)c3c2sc2ccccc23)c1)C1CCCC1.C[Si](C)(C)c1cnc(-c2[c-]cccc2)cc1CC1CCCC1.[Ir]. The summed E-state index contributed by atoms with van der Waals surface area (Å²) < 4.78 is 2.59. The summed E-state index contributed by atoms with van der Waals surface area (Å²) in [7, 11) is -1.35. The first kappa shape index (κ1) is 40.5. The van der Waals surface area contributed by atoms with Gasteiger partial charge in [0.05, 0.1) is 8.07 Å². The molecule has 3 heterocycles. The third-order valence-electron chi connectivity index (χ3n) is 12.4. The molecule has 2 nitrogen and oxygen atoms in total. The van der Waals surface area contributed by atoms with E-state index in [2.05, 4.69) is 143 Å². The molecule has 3 aromatic heterocycles. The number of pyridine rings is 2. The molecule has 0 bridgehead atoms. The van der Waals surface area contributed by atoms with Gasteiger partial charge in [-0.25, -0.2) is 0 Å². The maximum atomic E-state index is 4.85. The van der Waals surface area contributed by atoms with E-state index in [1.165, 1.54) is 94.7 Å². The predicted octanol–water partition coefficient (Wildman–Crippen LogP) is 13.9. The molecule has 0 N–H and O–H groups in total. The van der Waals surface area contributed by atoms with Crippen molar-refractivity contribution in [3.63, 3.8) is 0 Å². The van der Waals surface area contributed by atoms with Crippen molar-refractivity contribution >= 4 is 44.8 Å². The summed E-state index contributed by atoms with van der Waals surface area (Å²) in [5.41, 5.74) is 9.93. The monoisotopic (exact) mass is 947 g/mol. The Hall–Kier alpha value is -3.73. The van der Waals surface area contributed by atoms with Crippen LogP contribution in [0, 0.1) is 24.0 Å². The van der Waals surface area contributed by atoms with Crippen molar-refractivity contribution in [1.82, 2.24) is 9.97 Å². The molecule has 0 saturated heterocycles. The van der Waals surface area contributed by atoms with Gasteiger partial charge >= 0.3 is 0 Å². The standard InChI is InChI=1S/C31H28NS.C20H26NSi.Ir/c1-31(2,22-12-6-7-13-22)23-18-19-32-27(20-23)25-17-16-24(21-10-4-3-5-11-21)29-26-14-8-9-15-28(26)33-30(25)29;1-22(2,3)20-15-21-19(17-11-5-4-6-12-17)14-18(20)13-16-9-7-8-10-16;/h3-5,8-11,14-16,18-20,22H,6-7,12-13H2,1-2H3;4-6,11,14-16H,7-10,13H2,1-3H3;/q2*-1;. The van der Waals surface area contributed by atoms with Crippen LogP contribution in [0.25, 0.3) is 53.8 Å². The third-order valence-corrected chi connectivity index (χ3v) is 15.7. The first-order valence-electron chi connectivity index (χ1n) is 20.5. The normalized spacial score (nSPS) is 15.2. The van der Waals surface area contributed by atoms with Gasteiger partial charge in [0, 0.05) is 37.2 Å². The molecule has 4 aromatic carbocycles. The minimum Gasteiger partial charge on any atom is -0.305 e. The topological polar surface area (TPSA) is 25.8 Å². The Balaban J connectivity index is 0.000000183. The average molecular weight is 947 g/mol. The molecule has 0 atom stereocenters. The Morgan fingerprint density at radius 3 is 2.21 bits per heavy atom. The number of hydrogen-bond acceptors (Lipinski definition) is 3. The van der Waals surface area contributed by atoms with E-state index >= 15 is 0 Å². The van der Waals surface area contributed by atoms with Gasteiger partial charge in [0.1, 0.15) is 0 Å². The van der Waals surface area contributed by atoms with Crippen LogP contribution >= 0.6 is 11.3 Å². The summed E-state index contributed by atoms with van der Waals surface area (Å²) in [6.07, 6.45) is 16.4. The van der Waals surface area contributed by atoms with Crippen LogP contribution in [0.1, 0.15) is 76.3 Å². The van der Waals surface area contributed by atoms with Crippen molar-refractivity contribution in [1.29, 1.82) is 0 Å². The maximum absolute atomic E-state index is 4.85. The molecular formula is C51H54IrN2SSi-2. The van der Waals surface area contributed by atoms with E-state index in [4.69, 9.17) is 9.97 Å². The molecule has 56 heavy (non-hydrogen) atoms. The minimum atomic E-state index is -1.35. The van der Waals surface area contributed by atoms with E-state index in [1.54, 1.807) is 10.8 Å². The van der Waals surface area contributed by atoms with Crippen molar-refractivity contribution in [3.05, 3.63) is 139 Å². The molecule has 9 rings (SSSR count). The molecule has 2 saturated carbocycles. The fraction of sp³-hybridized carbons (Fsp3) is 0.333. The fourth-order valence-corrected chi connectivity index (χ4v) is 12.0. The van der Waals surface area contributed by atoms with E-state index in [-0.39, 0.29) is 25.5 Å². The molecule has 2 fully saturated rings. The molecule has 0 amide bonds. The Morgan fingerprint density at radius 2 is 1.48 bits per heavy atom. The quantitative estimate of drug-likeness (QED) is 0.112. The number of thiophene rings is 1. The van der Waals surface area contributed by atoms with E-state index < -0.39 is 8.07 Å². The fourth-order valence-electron chi connectivity index (χ4n) is 9.22. The Labute approximate surface area is 353 Å². The van der Waals surface area contributed by atoms with Gasteiger partial charge < -0.3 is 9.97 Å². The number of nitrogens with zero attached hydrogens (tertiary/aromatic N) is 2. The van der Waals surface area contributed by atoms with Crippen LogP contribution in [0.15, 0.2) is 116 Å². The number of aromatic nitrogens is 2. The second kappa shape index (κ2) is 17.4. The van der Waals surface area contributed by atoms with Gasteiger partial charge in [-0.2, -0.15) is 11.3 Å². The van der Waals surface area contributed by atoms with E-state index in [0.29, 0.717) is 0 Å². The van der Waals surface area contributed by atoms with Crippen molar-refractivity contribution in [2.75, 3.05) is 0 Å². The van der Waals surface area contributed by atoms with Gasteiger partial charge in [0.15, 0.2) is 0 Å². The van der Waals surface area contributed by atoms with Crippen LogP contribution in [0.3, 0.4) is 0 Å². The Kier molecular flexibility index (Phi) is 12.6. The van der Waals surface area contributed by atoms with Gasteiger partial charge in [0.25, 0.3) is 0 Å². The molecule has 0 aliphatic heterocycles. The molecular weight excluding hydrogens is 893 g/mol. The molecule has 0 unspecified atom stereocenters. The zero-order valence-electron chi connectivity index (χ0n) is 33.6. The molecule has 0 spiro atoms. The van der Waals surface area contributed by atoms with Crippen LogP contribution in [0.5, 0.6) is 0 Å². The maximum Gasteiger partial charge on any atom is 0.0798 e. The van der Waals surface area contributed by atoms with Gasteiger partial charge in [-0.1, -0.05) is 155 Å². The number of hydrogen-bond donors (Lipinski definition) is 0. The van der Waals surface area contributed by atoms with Gasteiger partial charge in [-0.15, -0.1) is 53.6 Å². The van der Waals surface area contributed by atoms with E-state index in [1.807, 2.05) is 29.7 Å². The van der Waals surface area contributed by atoms with Crippen molar-refractivity contribution < 1.29 is 20.1 Å². The largest absolute Gasteiger partial charge is 0.305 e. The summed E-state index contributed by atoms with van der Waals surface area (Å²) in [5.74, 6) is 1.63. The van der Waals surface area contributed by atoms with Gasteiger partial charge in [0.2, 0.25) is 0 Å². The third kappa shape index (κ3) is 8.58. The van der Waals surface area contributed by atoms with Crippen molar-refractivity contribution in [2.24, 2.45) is 11.8 Å². The van der Waals surface area contributed by atoms with Crippen LogP contribution < -0.4 is 5.19 Å². The Bertz CT molecular complexity index is 2380. The van der Waals surface area contributed by atoms with Gasteiger partial charge in [-0.05, 0) is 80.9 Å². The first-order chi connectivity index (χ1) is 26.7. The average Bonchev–Trinajstić information content (AvgIpc) is 4.01. The summed E-state index contributed by atoms with van der Waals surface area (Å²) in [6.45, 7) is 12.1. The number of rotatable bonds is 8. The number of benzene rings is 4. The van der Waals surface area contributed by atoms with Gasteiger partial charge in [-0.3, -0.25) is 0 Å². The minimum absolute atomic E-state index is 0.